The van der Waals surface area contributed by atoms with Gasteiger partial charge in [0.2, 0.25) is 0 Å². The molecule has 0 aliphatic carbocycles. The number of hydrogen-bond acceptors (Lipinski definition) is 5. The molecule has 1 fully saturated rings. The van der Waals surface area contributed by atoms with Crippen LogP contribution in [0.2, 0.25) is 0 Å². The summed E-state index contributed by atoms with van der Waals surface area (Å²) in [7, 11) is 0. The fraction of sp³-hybridized carbons (Fsp3) is 0.500. The van der Waals surface area contributed by atoms with E-state index in [1.54, 1.807) is 11.0 Å². The molecule has 1 saturated heterocycles. The minimum Gasteiger partial charge on any atom is -0.396 e. The lowest BCUT2D eigenvalue weighted by Gasteiger charge is -2.31. The van der Waals surface area contributed by atoms with Gasteiger partial charge in [-0.25, -0.2) is 4.98 Å². The summed E-state index contributed by atoms with van der Waals surface area (Å²) in [6.45, 7) is 3.29. The highest BCUT2D eigenvalue weighted by atomic mass is 16.5. The van der Waals surface area contributed by atoms with Crippen LogP contribution in [0, 0.1) is 12.8 Å². The van der Waals surface area contributed by atoms with Crippen LogP contribution in [0.1, 0.15) is 28.9 Å². The highest BCUT2D eigenvalue weighted by molar-refractivity contribution is 5.97. The molecule has 2 aromatic rings. The van der Waals surface area contributed by atoms with Gasteiger partial charge in [0, 0.05) is 25.9 Å². The Balaban J connectivity index is 1.86. The van der Waals surface area contributed by atoms with Gasteiger partial charge >= 0.3 is 0 Å². The number of piperidine rings is 1. The van der Waals surface area contributed by atoms with E-state index >= 15 is 0 Å². The van der Waals surface area contributed by atoms with Crippen LogP contribution in [0.5, 0.6) is 0 Å². The average molecular weight is 275 g/mol. The third-order valence-corrected chi connectivity index (χ3v) is 3.82. The van der Waals surface area contributed by atoms with E-state index in [4.69, 9.17) is 4.52 Å². The van der Waals surface area contributed by atoms with Gasteiger partial charge in [0.15, 0.2) is 0 Å². The van der Waals surface area contributed by atoms with Gasteiger partial charge in [0.25, 0.3) is 11.6 Å². The highest BCUT2D eigenvalue weighted by Crippen LogP contribution is 2.21. The zero-order valence-corrected chi connectivity index (χ0v) is 11.4. The van der Waals surface area contributed by atoms with Crippen molar-refractivity contribution in [1.29, 1.82) is 0 Å². The molecule has 1 aliphatic heterocycles. The Morgan fingerprint density at radius 2 is 2.45 bits per heavy atom. The number of carbonyl (C=O) groups is 1. The van der Waals surface area contributed by atoms with Crippen molar-refractivity contribution in [2.45, 2.75) is 19.8 Å². The van der Waals surface area contributed by atoms with Crippen LogP contribution in [0.15, 0.2) is 16.8 Å². The number of aryl methyl sites for hydroxylation is 1. The zero-order valence-electron chi connectivity index (χ0n) is 11.4. The minimum atomic E-state index is -0.0434. The fourth-order valence-electron chi connectivity index (χ4n) is 2.64. The molecule has 1 aliphatic rings. The van der Waals surface area contributed by atoms with E-state index in [0.717, 1.165) is 30.5 Å². The number of aromatic nitrogens is 2. The number of amides is 1. The van der Waals surface area contributed by atoms with Crippen molar-refractivity contribution in [1.82, 2.24) is 15.0 Å². The molecule has 3 rings (SSSR count). The summed E-state index contributed by atoms with van der Waals surface area (Å²) in [5, 5.41) is 13.8. The maximum absolute atomic E-state index is 12.5. The number of pyridine rings is 1. The molecule has 3 heterocycles. The number of carbonyl (C=O) groups excluding carboxylic acids is 1. The van der Waals surface area contributed by atoms with Crippen molar-refractivity contribution in [3.8, 4) is 0 Å². The van der Waals surface area contributed by atoms with Crippen LogP contribution in [0.3, 0.4) is 0 Å². The molecule has 0 aromatic carbocycles. The maximum atomic E-state index is 12.5. The molecule has 1 N–H and O–H groups in total. The third-order valence-electron chi connectivity index (χ3n) is 3.82. The highest BCUT2D eigenvalue weighted by Gasteiger charge is 2.24. The van der Waals surface area contributed by atoms with Crippen LogP contribution in [-0.4, -0.2) is 45.8 Å². The van der Waals surface area contributed by atoms with Gasteiger partial charge in [0.1, 0.15) is 0 Å². The predicted octanol–water partition coefficient (Wildman–Crippen LogP) is 1.38. The monoisotopic (exact) mass is 275 g/mol. The van der Waals surface area contributed by atoms with Crippen LogP contribution in [0.4, 0.5) is 0 Å². The molecule has 0 saturated carbocycles. The average Bonchev–Trinajstić information content (AvgIpc) is 2.87. The topological polar surface area (TPSA) is 79.5 Å². The molecule has 0 spiro atoms. The number of aliphatic hydroxyl groups excluding tert-OH is 1. The minimum absolute atomic E-state index is 0.0434. The summed E-state index contributed by atoms with van der Waals surface area (Å²) in [5.74, 6) is 0.139. The first-order chi connectivity index (χ1) is 9.69. The van der Waals surface area contributed by atoms with Gasteiger partial charge in [-0.05, 0) is 31.7 Å². The Morgan fingerprint density at radius 3 is 3.25 bits per heavy atom. The molecule has 0 bridgehead atoms. The van der Waals surface area contributed by atoms with Gasteiger partial charge < -0.3 is 14.5 Å². The van der Waals surface area contributed by atoms with Gasteiger partial charge in [-0.15, -0.1) is 0 Å². The zero-order chi connectivity index (χ0) is 14.1. The maximum Gasteiger partial charge on any atom is 0.257 e. The normalized spacial score (nSPS) is 19.5. The quantitative estimate of drug-likeness (QED) is 0.895. The second kappa shape index (κ2) is 5.20. The lowest BCUT2D eigenvalue weighted by molar-refractivity contribution is 0.0620. The van der Waals surface area contributed by atoms with Gasteiger partial charge in [-0.2, -0.15) is 0 Å². The SMILES string of the molecule is Cc1noc2ncc(C(=O)N3CCCC(CO)C3)cc12. The molecule has 2 aromatic heterocycles. The van der Waals surface area contributed by atoms with Crippen LogP contribution in [0.25, 0.3) is 11.1 Å². The Bertz CT molecular complexity index is 638. The number of fused-ring (bicyclic) bond motifs is 1. The van der Waals surface area contributed by atoms with Crippen molar-refractivity contribution in [3.05, 3.63) is 23.5 Å². The second-order valence-electron chi connectivity index (χ2n) is 5.29. The molecular formula is C14H17N3O3. The Kier molecular flexibility index (Phi) is 3.40. The first kappa shape index (κ1) is 13.1. The molecule has 6 heteroatoms. The van der Waals surface area contributed by atoms with E-state index in [1.807, 2.05) is 6.92 Å². The van der Waals surface area contributed by atoms with E-state index in [9.17, 15) is 9.90 Å². The first-order valence-electron chi connectivity index (χ1n) is 6.81. The van der Waals surface area contributed by atoms with Crippen molar-refractivity contribution >= 4 is 17.0 Å². The Morgan fingerprint density at radius 1 is 1.60 bits per heavy atom. The number of hydrogen-bond donors (Lipinski definition) is 1. The lowest BCUT2D eigenvalue weighted by Crippen LogP contribution is -2.40. The Labute approximate surface area is 116 Å². The molecule has 106 valence electrons. The molecule has 1 atom stereocenters. The molecule has 6 nitrogen and oxygen atoms in total. The van der Waals surface area contributed by atoms with Crippen LogP contribution in [-0.2, 0) is 0 Å². The van der Waals surface area contributed by atoms with Crippen molar-refractivity contribution in [2.75, 3.05) is 19.7 Å². The predicted molar refractivity (Wildman–Crippen MR) is 72.3 cm³/mol. The van der Waals surface area contributed by atoms with Gasteiger partial charge in [-0.1, -0.05) is 5.16 Å². The first-order valence-corrected chi connectivity index (χ1v) is 6.81. The summed E-state index contributed by atoms with van der Waals surface area (Å²) in [4.78, 5) is 18.4. The third kappa shape index (κ3) is 2.27. The van der Waals surface area contributed by atoms with Crippen molar-refractivity contribution in [3.63, 3.8) is 0 Å². The molecule has 20 heavy (non-hydrogen) atoms. The van der Waals surface area contributed by atoms with E-state index < -0.39 is 0 Å². The summed E-state index contributed by atoms with van der Waals surface area (Å²) in [5.41, 5.74) is 1.72. The van der Waals surface area contributed by atoms with Gasteiger partial charge in [-0.3, -0.25) is 4.79 Å². The van der Waals surface area contributed by atoms with Crippen molar-refractivity contribution in [2.24, 2.45) is 5.92 Å². The molecule has 1 amide bonds. The number of rotatable bonds is 2. The van der Waals surface area contributed by atoms with E-state index in [0.29, 0.717) is 17.8 Å². The standard InChI is InChI=1S/C14H17N3O3/c1-9-12-5-11(6-15-13(12)20-16-9)14(19)17-4-2-3-10(7-17)8-18/h5-6,10,18H,2-4,7-8H2,1H3. The molecule has 0 radical (unpaired) electrons. The lowest BCUT2D eigenvalue weighted by atomic mass is 9.98. The summed E-state index contributed by atoms with van der Waals surface area (Å²) < 4.78 is 5.04. The Hall–Kier alpha value is -1.95. The second-order valence-corrected chi connectivity index (χ2v) is 5.29. The number of likely N-dealkylation sites (tertiary alicyclic amines) is 1. The summed E-state index contributed by atoms with van der Waals surface area (Å²) >= 11 is 0. The largest absolute Gasteiger partial charge is 0.396 e. The van der Waals surface area contributed by atoms with Crippen molar-refractivity contribution < 1.29 is 14.4 Å². The number of aliphatic hydroxyl groups is 1. The van der Waals surface area contributed by atoms with Crippen LogP contribution >= 0.6 is 0 Å². The van der Waals surface area contributed by atoms with E-state index in [-0.39, 0.29) is 18.4 Å². The van der Waals surface area contributed by atoms with Crippen LogP contribution < -0.4 is 0 Å². The molecule has 1 unspecified atom stereocenters. The molecular weight excluding hydrogens is 258 g/mol. The summed E-state index contributed by atoms with van der Waals surface area (Å²) in [6, 6.07) is 1.78. The van der Waals surface area contributed by atoms with E-state index in [1.165, 1.54) is 6.20 Å². The number of nitrogens with zero attached hydrogens (tertiary/aromatic N) is 3. The smallest absolute Gasteiger partial charge is 0.257 e. The fourth-order valence-corrected chi connectivity index (χ4v) is 2.64. The van der Waals surface area contributed by atoms with E-state index in [2.05, 4.69) is 10.1 Å². The van der Waals surface area contributed by atoms with Gasteiger partial charge in [0.05, 0.1) is 16.6 Å². The summed E-state index contributed by atoms with van der Waals surface area (Å²) in [6.07, 6.45) is 3.43.